The first-order valence-electron chi connectivity index (χ1n) is 11.5. The predicted molar refractivity (Wildman–Crippen MR) is 129 cm³/mol. The molecular formula is C25H29N7O2. The number of para-hydroxylation sites is 1. The second kappa shape index (κ2) is 9.74. The first kappa shape index (κ1) is 22.2. The van der Waals surface area contributed by atoms with Gasteiger partial charge >= 0.3 is 0 Å². The maximum atomic E-state index is 11.4. The zero-order valence-electron chi connectivity index (χ0n) is 19.4. The fourth-order valence-electron chi connectivity index (χ4n) is 4.69. The number of nitrogens with one attached hydrogen (secondary N) is 2. The van der Waals surface area contributed by atoms with Gasteiger partial charge in [-0.25, -0.2) is 15.0 Å². The molecule has 2 atom stereocenters. The van der Waals surface area contributed by atoms with Crippen LogP contribution < -0.4 is 10.1 Å². The Labute approximate surface area is 198 Å². The fourth-order valence-corrected chi connectivity index (χ4v) is 4.69. The van der Waals surface area contributed by atoms with E-state index >= 15 is 0 Å². The van der Waals surface area contributed by atoms with Crippen molar-refractivity contribution in [1.82, 2.24) is 34.7 Å². The fraction of sp³-hybridized carbons (Fsp3) is 0.360. The molecule has 0 amide bonds. The zero-order valence-corrected chi connectivity index (χ0v) is 19.4. The van der Waals surface area contributed by atoms with Gasteiger partial charge in [-0.15, -0.1) is 0 Å². The number of carbonyl (C=O) groups excluding carboxylic acids is 1. The SMILES string of the molecule is COc1nc2ccccc2cc1-c1cnc([C@@H]2C[C@@H](NCc3cncn3C)CCN2CC=O)[nH]1. The van der Waals surface area contributed by atoms with Crippen LogP contribution in [0.1, 0.15) is 30.4 Å². The summed E-state index contributed by atoms with van der Waals surface area (Å²) >= 11 is 0. The molecule has 1 aliphatic rings. The maximum absolute atomic E-state index is 11.4. The highest BCUT2D eigenvalue weighted by Crippen LogP contribution is 2.34. The summed E-state index contributed by atoms with van der Waals surface area (Å²) in [4.78, 5) is 30.6. The maximum Gasteiger partial charge on any atom is 0.223 e. The molecule has 2 N–H and O–H groups in total. The van der Waals surface area contributed by atoms with Gasteiger partial charge < -0.3 is 24.4 Å². The summed E-state index contributed by atoms with van der Waals surface area (Å²) in [5, 5.41) is 4.69. The van der Waals surface area contributed by atoms with Crippen molar-refractivity contribution in [3.8, 4) is 17.1 Å². The number of hydrogen-bond acceptors (Lipinski definition) is 7. The minimum absolute atomic E-state index is 0.0103. The van der Waals surface area contributed by atoms with E-state index in [0.29, 0.717) is 18.5 Å². The number of likely N-dealkylation sites (tertiary alicyclic amines) is 1. The molecule has 1 aromatic carbocycles. The van der Waals surface area contributed by atoms with E-state index in [1.165, 1.54) is 0 Å². The Morgan fingerprint density at radius 1 is 1.29 bits per heavy atom. The largest absolute Gasteiger partial charge is 0.480 e. The number of ether oxygens (including phenoxy) is 1. The van der Waals surface area contributed by atoms with E-state index in [2.05, 4.69) is 31.2 Å². The number of H-pyrrole nitrogens is 1. The van der Waals surface area contributed by atoms with E-state index in [1.807, 2.05) is 54.6 Å². The summed E-state index contributed by atoms with van der Waals surface area (Å²) in [6, 6.07) is 10.4. The van der Waals surface area contributed by atoms with Gasteiger partial charge in [-0.2, -0.15) is 0 Å². The molecule has 9 nitrogen and oxygen atoms in total. The van der Waals surface area contributed by atoms with Crippen LogP contribution in [0.5, 0.6) is 5.88 Å². The van der Waals surface area contributed by atoms with Crippen LogP contribution in [0.15, 0.2) is 49.1 Å². The van der Waals surface area contributed by atoms with Gasteiger partial charge in [0, 0.05) is 37.8 Å². The lowest BCUT2D eigenvalue weighted by atomic mass is 9.96. The predicted octanol–water partition coefficient (Wildman–Crippen LogP) is 2.86. The van der Waals surface area contributed by atoms with E-state index in [-0.39, 0.29) is 6.04 Å². The van der Waals surface area contributed by atoms with E-state index in [9.17, 15) is 4.79 Å². The number of rotatable bonds is 8. The zero-order chi connectivity index (χ0) is 23.5. The topological polar surface area (TPSA) is 101 Å². The molecule has 176 valence electrons. The molecule has 4 heterocycles. The molecule has 4 aromatic rings. The number of benzene rings is 1. The van der Waals surface area contributed by atoms with Crippen LogP contribution in [-0.2, 0) is 18.4 Å². The van der Waals surface area contributed by atoms with Gasteiger partial charge in [-0.3, -0.25) is 4.90 Å². The number of fused-ring (bicyclic) bond motifs is 1. The molecule has 0 spiro atoms. The lowest BCUT2D eigenvalue weighted by Crippen LogP contribution is -2.45. The summed E-state index contributed by atoms with van der Waals surface area (Å²) in [5.74, 6) is 1.40. The standard InChI is InChI=1S/C25H29N7O2/c1-31-16-26-13-19(31)14-27-18-7-8-32(9-10-33)23(12-18)24-28-15-22(29-24)20-11-17-5-3-4-6-21(17)30-25(20)34-2/h3-6,10-11,13,15-16,18,23,27H,7-9,12,14H2,1-2H3,(H,28,29)/t18-,23-/m0/s1. The third-order valence-electron chi connectivity index (χ3n) is 6.59. The highest BCUT2D eigenvalue weighted by Gasteiger charge is 2.31. The van der Waals surface area contributed by atoms with Crippen molar-refractivity contribution < 1.29 is 9.53 Å². The second-order valence-electron chi connectivity index (χ2n) is 8.70. The van der Waals surface area contributed by atoms with Gasteiger partial charge in [-0.1, -0.05) is 18.2 Å². The number of pyridine rings is 1. The second-order valence-corrected chi connectivity index (χ2v) is 8.70. The van der Waals surface area contributed by atoms with Crippen molar-refractivity contribution in [1.29, 1.82) is 0 Å². The first-order chi connectivity index (χ1) is 16.7. The number of carbonyl (C=O) groups is 1. The van der Waals surface area contributed by atoms with Crippen LogP contribution in [-0.4, -0.2) is 61.9 Å². The molecule has 0 saturated carbocycles. The van der Waals surface area contributed by atoms with Crippen LogP contribution >= 0.6 is 0 Å². The Kier molecular flexibility index (Phi) is 6.37. The van der Waals surface area contributed by atoms with Crippen LogP contribution in [0.25, 0.3) is 22.2 Å². The lowest BCUT2D eigenvalue weighted by Gasteiger charge is -2.37. The monoisotopic (exact) mass is 459 g/mol. The van der Waals surface area contributed by atoms with Crippen LogP contribution in [0.2, 0.25) is 0 Å². The molecule has 0 bridgehead atoms. The highest BCUT2D eigenvalue weighted by atomic mass is 16.5. The number of imidazole rings is 2. The molecule has 3 aromatic heterocycles. The molecule has 1 saturated heterocycles. The molecule has 1 aliphatic heterocycles. The van der Waals surface area contributed by atoms with Crippen molar-refractivity contribution in [2.45, 2.75) is 31.5 Å². The number of hydrogen-bond donors (Lipinski definition) is 2. The normalized spacial score (nSPS) is 18.9. The Bertz CT molecular complexity index is 1280. The van der Waals surface area contributed by atoms with Crippen molar-refractivity contribution in [2.24, 2.45) is 7.05 Å². The molecule has 1 fully saturated rings. The number of aromatic amines is 1. The average Bonchev–Trinajstić information content (AvgIpc) is 3.52. The molecule has 9 heteroatoms. The Morgan fingerprint density at radius 3 is 2.97 bits per heavy atom. The molecule has 5 rings (SSSR count). The van der Waals surface area contributed by atoms with E-state index < -0.39 is 0 Å². The van der Waals surface area contributed by atoms with Crippen molar-refractivity contribution in [3.05, 3.63) is 60.6 Å². The van der Waals surface area contributed by atoms with Gasteiger partial charge in [0.25, 0.3) is 0 Å². The van der Waals surface area contributed by atoms with Gasteiger partial charge in [0.05, 0.1) is 54.7 Å². The molecule has 0 radical (unpaired) electrons. The van der Waals surface area contributed by atoms with Crippen molar-refractivity contribution >= 4 is 17.2 Å². The Balaban J connectivity index is 1.39. The summed E-state index contributed by atoms with van der Waals surface area (Å²) < 4.78 is 7.61. The van der Waals surface area contributed by atoms with E-state index in [1.54, 1.807) is 7.11 Å². The number of methoxy groups -OCH3 is 1. The summed E-state index contributed by atoms with van der Waals surface area (Å²) in [6.07, 6.45) is 8.32. The molecular weight excluding hydrogens is 430 g/mol. The Morgan fingerprint density at radius 2 is 2.18 bits per heavy atom. The minimum Gasteiger partial charge on any atom is -0.480 e. The van der Waals surface area contributed by atoms with Crippen molar-refractivity contribution in [3.63, 3.8) is 0 Å². The third-order valence-corrected chi connectivity index (χ3v) is 6.59. The van der Waals surface area contributed by atoms with Gasteiger partial charge in [0.1, 0.15) is 12.1 Å². The van der Waals surface area contributed by atoms with Crippen LogP contribution in [0.3, 0.4) is 0 Å². The van der Waals surface area contributed by atoms with Gasteiger partial charge in [-0.05, 0) is 25.0 Å². The quantitative estimate of drug-likeness (QED) is 0.391. The lowest BCUT2D eigenvalue weighted by molar-refractivity contribution is -0.109. The number of aryl methyl sites for hydroxylation is 1. The molecule has 34 heavy (non-hydrogen) atoms. The number of aromatic nitrogens is 5. The number of aldehydes is 1. The van der Waals surface area contributed by atoms with Crippen LogP contribution in [0, 0.1) is 0 Å². The van der Waals surface area contributed by atoms with Gasteiger partial charge in [0.15, 0.2) is 0 Å². The third kappa shape index (κ3) is 4.44. The molecule has 0 aliphatic carbocycles. The van der Waals surface area contributed by atoms with E-state index in [4.69, 9.17) is 9.72 Å². The molecule has 0 unspecified atom stereocenters. The van der Waals surface area contributed by atoms with Crippen LogP contribution in [0.4, 0.5) is 0 Å². The highest BCUT2D eigenvalue weighted by molar-refractivity contribution is 5.85. The summed E-state index contributed by atoms with van der Waals surface area (Å²) in [5.41, 5.74) is 3.74. The Hall–Kier alpha value is -3.56. The van der Waals surface area contributed by atoms with Crippen molar-refractivity contribution in [2.75, 3.05) is 20.2 Å². The van der Waals surface area contributed by atoms with E-state index in [0.717, 1.165) is 65.9 Å². The first-order valence-corrected chi connectivity index (χ1v) is 11.5. The average molecular weight is 460 g/mol. The smallest absolute Gasteiger partial charge is 0.223 e. The number of piperidine rings is 1. The summed E-state index contributed by atoms with van der Waals surface area (Å²) in [7, 11) is 3.63. The number of nitrogens with zero attached hydrogens (tertiary/aromatic N) is 5. The summed E-state index contributed by atoms with van der Waals surface area (Å²) in [6.45, 7) is 1.96. The van der Waals surface area contributed by atoms with Gasteiger partial charge in [0.2, 0.25) is 5.88 Å². The minimum atomic E-state index is 0.0103.